The van der Waals surface area contributed by atoms with Crippen molar-refractivity contribution in [3.05, 3.63) is 180 Å². The molecule has 0 amide bonds. The molecule has 0 saturated heterocycles. The fourth-order valence-electron chi connectivity index (χ4n) is 9.89. The molecule has 3 heteroatoms. The van der Waals surface area contributed by atoms with Crippen LogP contribution in [0.1, 0.15) is 35.6 Å². The van der Waals surface area contributed by atoms with Crippen molar-refractivity contribution in [1.82, 2.24) is 4.57 Å². The van der Waals surface area contributed by atoms with Crippen molar-refractivity contribution in [3.63, 3.8) is 0 Å². The van der Waals surface area contributed by atoms with E-state index in [4.69, 9.17) is 4.42 Å². The third-order valence-electron chi connectivity index (χ3n) is 11.9. The predicted molar refractivity (Wildman–Crippen MR) is 212 cm³/mol. The van der Waals surface area contributed by atoms with Crippen LogP contribution in [-0.4, -0.2) is 4.57 Å². The van der Waals surface area contributed by atoms with Crippen molar-refractivity contribution in [2.24, 2.45) is 5.92 Å². The maximum absolute atomic E-state index is 6.30. The molecule has 2 nitrogen and oxygen atoms in total. The molecule has 0 bridgehead atoms. The molecule has 1 spiro atoms. The van der Waals surface area contributed by atoms with Gasteiger partial charge in [-0.2, -0.15) is 0 Å². The molecule has 0 saturated carbocycles. The van der Waals surface area contributed by atoms with E-state index in [9.17, 15) is 0 Å². The molecule has 12 rings (SSSR count). The first-order chi connectivity index (χ1) is 25.2. The Kier molecular flexibility index (Phi) is 5.45. The molecule has 9 aromatic rings. The third-order valence-corrected chi connectivity index (χ3v) is 13.0. The van der Waals surface area contributed by atoms with E-state index >= 15 is 0 Å². The predicted octanol–water partition coefficient (Wildman–Crippen LogP) is 13.0. The Hall–Kier alpha value is -5.77. The number of rotatable bonds is 1. The van der Waals surface area contributed by atoms with Gasteiger partial charge in [0.15, 0.2) is 0 Å². The van der Waals surface area contributed by atoms with E-state index in [-0.39, 0.29) is 5.41 Å². The van der Waals surface area contributed by atoms with Gasteiger partial charge < -0.3 is 8.98 Å². The highest BCUT2D eigenvalue weighted by molar-refractivity contribution is 7.99. The number of furan rings is 1. The zero-order chi connectivity index (χ0) is 33.4. The standard InChI is InChI=1S/C48H31NOS/c1-28-11-10-16-34-32-14-4-6-17-37(32)48(47(28)34)38-18-7-9-20-44(38)51-45-26-36-41(27-39(45)48)49(40-23-21-29-12-2-3-13-31(29)46(36)40)30-22-24-43-35(25-30)33-15-5-8-19-42(33)50-43/h2-10,12-28H,11H2,1H3. The van der Waals surface area contributed by atoms with Gasteiger partial charge in [-0.15, -0.1) is 0 Å². The van der Waals surface area contributed by atoms with Gasteiger partial charge in [0.1, 0.15) is 11.2 Å². The summed E-state index contributed by atoms with van der Waals surface area (Å²) < 4.78 is 8.81. The second-order valence-electron chi connectivity index (χ2n) is 14.4. The summed E-state index contributed by atoms with van der Waals surface area (Å²) in [4.78, 5) is 2.69. The quantitative estimate of drug-likeness (QED) is 0.173. The van der Waals surface area contributed by atoms with Gasteiger partial charge in [0.25, 0.3) is 0 Å². The molecule has 3 heterocycles. The van der Waals surface area contributed by atoms with Crippen LogP contribution < -0.4 is 0 Å². The summed E-state index contributed by atoms with van der Waals surface area (Å²) >= 11 is 1.93. The summed E-state index contributed by atoms with van der Waals surface area (Å²) in [5, 5.41) is 7.42. The maximum Gasteiger partial charge on any atom is 0.135 e. The molecule has 51 heavy (non-hydrogen) atoms. The smallest absolute Gasteiger partial charge is 0.135 e. The first-order valence-electron chi connectivity index (χ1n) is 17.9. The minimum absolute atomic E-state index is 0.379. The minimum Gasteiger partial charge on any atom is -0.456 e. The van der Waals surface area contributed by atoms with Crippen molar-refractivity contribution < 1.29 is 4.42 Å². The number of allylic oxidation sites excluding steroid dienone is 4. The van der Waals surface area contributed by atoms with Crippen LogP contribution in [0.2, 0.25) is 0 Å². The lowest BCUT2D eigenvalue weighted by Crippen LogP contribution is -2.35. The maximum atomic E-state index is 6.30. The van der Waals surface area contributed by atoms with Gasteiger partial charge in [-0.1, -0.05) is 122 Å². The van der Waals surface area contributed by atoms with Gasteiger partial charge in [0.2, 0.25) is 0 Å². The van der Waals surface area contributed by atoms with Gasteiger partial charge >= 0.3 is 0 Å². The molecule has 2 unspecified atom stereocenters. The van der Waals surface area contributed by atoms with E-state index in [0.717, 1.165) is 34.0 Å². The second kappa shape index (κ2) is 9.93. The van der Waals surface area contributed by atoms with Crippen molar-refractivity contribution >= 4 is 71.9 Å². The number of fused-ring (bicyclic) bond motifs is 16. The number of para-hydroxylation sites is 1. The Morgan fingerprint density at radius 3 is 2.35 bits per heavy atom. The van der Waals surface area contributed by atoms with Crippen LogP contribution in [0, 0.1) is 5.92 Å². The number of benzene rings is 7. The molecule has 240 valence electrons. The van der Waals surface area contributed by atoms with Crippen molar-refractivity contribution in [3.8, 4) is 5.69 Å². The first kappa shape index (κ1) is 28.0. The normalized spacial score (nSPS) is 19.0. The summed E-state index contributed by atoms with van der Waals surface area (Å²) in [6.45, 7) is 2.43. The zero-order valence-corrected chi connectivity index (χ0v) is 28.8. The Bertz CT molecular complexity index is 3060. The minimum atomic E-state index is -0.379. The average molecular weight is 670 g/mol. The van der Waals surface area contributed by atoms with Gasteiger partial charge in [-0.3, -0.25) is 0 Å². The summed E-state index contributed by atoms with van der Waals surface area (Å²) in [6.07, 6.45) is 5.83. The van der Waals surface area contributed by atoms with Crippen LogP contribution in [0.3, 0.4) is 0 Å². The summed E-state index contributed by atoms with van der Waals surface area (Å²) in [5.41, 5.74) is 13.6. The molecule has 0 N–H and O–H groups in total. The molecule has 0 fully saturated rings. The van der Waals surface area contributed by atoms with Crippen LogP contribution in [0.25, 0.3) is 65.8 Å². The molecule has 2 aromatic heterocycles. The highest BCUT2D eigenvalue weighted by Gasteiger charge is 2.53. The monoisotopic (exact) mass is 669 g/mol. The summed E-state index contributed by atoms with van der Waals surface area (Å²) in [7, 11) is 0. The van der Waals surface area contributed by atoms with Crippen molar-refractivity contribution in [2.45, 2.75) is 28.6 Å². The molecule has 3 aliphatic rings. The number of aromatic nitrogens is 1. The van der Waals surface area contributed by atoms with E-state index in [2.05, 4.69) is 157 Å². The number of nitrogens with zero attached hydrogens (tertiary/aromatic N) is 1. The SMILES string of the molecule is CC1CC=CC2=C1C1(c3ccccc3Sc3cc4c5c6ccccc6ccc5n(-c5ccc6oc7ccccc7c6c5)c4cc31)c1ccccc12. The lowest BCUT2D eigenvalue weighted by molar-refractivity contribution is 0.569. The fraction of sp³-hybridized carbons (Fsp3) is 0.0833. The molecule has 0 radical (unpaired) electrons. The van der Waals surface area contributed by atoms with E-state index in [1.54, 1.807) is 5.57 Å². The molecule has 1 aliphatic heterocycles. The third kappa shape index (κ3) is 3.49. The van der Waals surface area contributed by atoms with Gasteiger partial charge in [0.05, 0.1) is 16.4 Å². The largest absolute Gasteiger partial charge is 0.456 e. The topological polar surface area (TPSA) is 18.1 Å². The average Bonchev–Trinajstić information content (AvgIpc) is 3.81. The number of hydrogen-bond acceptors (Lipinski definition) is 2. The Morgan fingerprint density at radius 2 is 1.41 bits per heavy atom. The summed E-state index contributed by atoms with van der Waals surface area (Å²) in [5.74, 6) is 0.406. The van der Waals surface area contributed by atoms with Crippen LogP contribution in [-0.2, 0) is 5.41 Å². The van der Waals surface area contributed by atoms with Crippen molar-refractivity contribution in [2.75, 3.05) is 0 Å². The lowest BCUT2D eigenvalue weighted by atomic mass is 9.63. The lowest BCUT2D eigenvalue weighted by Gasteiger charge is -2.43. The molecule has 7 aromatic carbocycles. The molecule has 2 aliphatic carbocycles. The van der Waals surface area contributed by atoms with Gasteiger partial charge in [-0.05, 0) is 105 Å². The molecular weight excluding hydrogens is 639 g/mol. The highest BCUT2D eigenvalue weighted by atomic mass is 32.2. The Balaban J connectivity index is 1.26. The van der Waals surface area contributed by atoms with Crippen LogP contribution in [0.15, 0.2) is 171 Å². The fourth-order valence-corrected chi connectivity index (χ4v) is 11.1. The highest BCUT2D eigenvalue weighted by Crippen LogP contribution is 2.64. The van der Waals surface area contributed by atoms with Crippen LogP contribution in [0.5, 0.6) is 0 Å². The van der Waals surface area contributed by atoms with Crippen LogP contribution in [0.4, 0.5) is 0 Å². The van der Waals surface area contributed by atoms with E-state index < -0.39 is 0 Å². The molecule has 2 atom stereocenters. The Morgan fingerprint density at radius 1 is 0.627 bits per heavy atom. The Labute approximate surface area is 299 Å². The first-order valence-corrected chi connectivity index (χ1v) is 18.7. The molecular formula is C48H31NOS. The summed E-state index contributed by atoms with van der Waals surface area (Å²) in [6, 6.07) is 52.0. The van der Waals surface area contributed by atoms with Gasteiger partial charge in [-0.25, -0.2) is 0 Å². The number of hydrogen-bond donors (Lipinski definition) is 0. The van der Waals surface area contributed by atoms with E-state index in [0.29, 0.717) is 5.92 Å². The van der Waals surface area contributed by atoms with E-state index in [1.807, 2.05) is 17.8 Å². The van der Waals surface area contributed by atoms with Crippen molar-refractivity contribution in [1.29, 1.82) is 0 Å². The zero-order valence-electron chi connectivity index (χ0n) is 28.0. The van der Waals surface area contributed by atoms with Crippen LogP contribution >= 0.6 is 11.8 Å². The van der Waals surface area contributed by atoms with Gasteiger partial charge in [0, 0.05) is 37.0 Å². The second-order valence-corrected chi connectivity index (χ2v) is 15.5. The van der Waals surface area contributed by atoms with E-state index in [1.165, 1.54) is 70.2 Å².